The van der Waals surface area contributed by atoms with Gasteiger partial charge >= 0.3 is 5.69 Å². The van der Waals surface area contributed by atoms with Gasteiger partial charge in [0.25, 0.3) is 0 Å². The van der Waals surface area contributed by atoms with Crippen LogP contribution in [0.25, 0.3) is 0 Å². The van der Waals surface area contributed by atoms with Crippen molar-refractivity contribution in [3.8, 4) is 0 Å². The minimum Gasteiger partial charge on any atom is -0.296 e. The normalized spacial score (nSPS) is 10.9. The largest absolute Gasteiger partial charge is 0.305 e. The average Bonchev–Trinajstić information content (AvgIpc) is 2.40. The molecule has 0 radical (unpaired) electrons. The Labute approximate surface area is 122 Å². The molecule has 2 aromatic rings. The molecule has 110 valence electrons. The molecule has 0 fully saturated rings. The van der Waals surface area contributed by atoms with Gasteiger partial charge in [-0.25, -0.2) is 0 Å². The van der Waals surface area contributed by atoms with Crippen LogP contribution >= 0.6 is 0 Å². The fourth-order valence-electron chi connectivity index (χ4n) is 2.14. The van der Waals surface area contributed by atoms with Gasteiger partial charge in [0.05, 0.1) is 10.6 Å². The van der Waals surface area contributed by atoms with Crippen LogP contribution in [0.5, 0.6) is 0 Å². The Kier molecular flexibility index (Phi) is 4.59. The Balaban J connectivity index is 2.11. The van der Waals surface area contributed by atoms with Crippen molar-refractivity contribution in [3.63, 3.8) is 0 Å². The van der Waals surface area contributed by atoms with Gasteiger partial charge in [-0.2, -0.15) is 4.39 Å². The smallest absolute Gasteiger partial charge is 0.296 e. The number of benzene rings is 1. The molecule has 0 saturated heterocycles. The Bertz CT molecular complexity index is 661. The fraction of sp³-hybridized carbons (Fsp3) is 0.267. The summed E-state index contributed by atoms with van der Waals surface area (Å²) in [5.74, 6) is -0.772. The summed E-state index contributed by atoms with van der Waals surface area (Å²) in [6.07, 6.45) is 0. The van der Waals surface area contributed by atoms with Crippen molar-refractivity contribution in [2.24, 2.45) is 0 Å². The zero-order valence-corrected chi connectivity index (χ0v) is 11.9. The quantitative estimate of drug-likeness (QED) is 0.627. The summed E-state index contributed by atoms with van der Waals surface area (Å²) in [5.41, 5.74) is 1.61. The van der Waals surface area contributed by atoms with Gasteiger partial charge in [-0.05, 0) is 26.1 Å². The van der Waals surface area contributed by atoms with E-state index in [4.69, 9.17) is 0 Å². The molecule has 1 aromatic carbocycles. The van der Waals surface area contributed by atoms with Crippen molar-refractivity contribution in [2.45, 2.75) is 20.0 Å². The Morgan fingerprint density at radius 3 is 2.62 bits per heavy atom. The number of hydrogen-bond donors (Lipinski definition) is 0. The minimum absolute atomic E-state index is 0.281. The topological polar surface area (TPSA) is 59.3 Å². The molecule has 0 saturated carbocycles. The van der Waals surface area contributed by atoms with Crippen LogP contribution in [0.15, 0.2) is 36.4 Å². The van der Waals surface area contributed by atoms with Gasteiger partial charge in [0.15, 0.2) is 0 Å². The van der Waals surface area contributed by atoms with Gasteiger partial charge in [-0.1, -0.05) is 18.2 Å². The molecule has 1 heterocycles. The van der Waals surface area contributed by atoms with Gasteiger partial charge in [0, 0.05) is 30.4 Å². The van der Waals surface area contributed by atoms with Crippen LogP contribution in [-0.4, -0.2) is 21.9 Å². The molecule has 0 bridgehead atoms. The van der Waals surface area contributed by atoms with Gasteiger partial charge < -0.3 is 0 Å². The molecule has 5 nitrogen and oxygen atoms in total. The third-order valence-corrected chi connectivity index (χ3v) is 3.07. The van der Waals surface area contributed by atoms with Crippen LogP contribution in [0.1, 0.15) is 17.0 Å². The van der Waals surface area contributed by atoms with E-state index in [2.05, 4.69) is 4.98 Å². The summed E-state index contributed by atoms with van der Waals surface area (Å²) >= 11 is 0. The minimum atomic E-state index is -0.772. The lowest BCUT2D eigenvalue weighted by Crippen LogP contribution is -2.19. The van der Waals surface area contributed by atoms with E-state index in [1.807, 2.05) is 37.1 Å². The molecule has 0 amide bonds. The van der Waals surface area contributed by atoms with Gasteiger partial charge in [-0.15, -0.1) is 0 Å². The second kappa shape index (κ2) is 6.41. The fourth-order valence-corrected chi connectivity index (χ4v) is 2.14. The van der Waals surface area contributed by atoms with Crippen LogP contribution in [0, 0.1) is 22.9 Å². The van der Waals surface area contributed by atoms with Crippen LogP contribution in [-0.2, 0) is 13.1 Å². The zero-order chi connectivity index (χ0) is 15.4. The first kappa shape index (κ1) is 15.1. The SMILES string of the molecule is Cc1cccc(CN(C)Cc2cccc([N+](=O)[O-])c2F)n1. The lowest BCUT2D eigenvalue weighted by Gasteiger charge is -2.16. The van der Waals surface area contributed by atoms with E-state index < -0.39 is 16.4 Å². The predicted octanol–water partition coefficient (Wildman–Crippen LogP) is 3.07. The first-order valence-corrected chi connectivity index (χ1v) is 6.50. The molecule has 6 heteroatoms. The van der Waals surface area contributed by atoms with Crippen LogP contribution in [0.3, 0.4) is 0 Å². The van der Waals surface area contributed by atoms with Crippen molar-refractivity contribution in [2.75, 3.05) is 7.05 Å². The van der Waals surface area contributed by atoms with E-state index in [1.165, 1.54) is 12.1 Å². The molecular formula is C15H16FN3O2. The van der Waals surface area contributed by atoms with E-state index in [0.29, 0.717) is 12.1 Å². The maximum Gasteiger partial charge on any atom is 0.305 e. The number of nitrogens with zero attached hydrogens (tertiary/aromatic N) is 3. The zero-order valence-electron chi connectivity index (χ0n) is 11.9. The van der Waals surface area contributed by atoms with Gasteiger partial charge in [0.2, 0.25) is 5.82 Å². The van der Waals surface area contributed by atoms with Crippen molar-refractivity contribution in [1.82, 2.24) is 9.88 Å². The summed E-state index contributed by atoms with van der Waals surface area (Å²) in [7, 11) is 1.82. The predicted molar refractivity (Wildman–Crippen MR) is 77.2 cm³/mol. The molecule has 0 N–H and O–H groups in total. The number of rotatable bonds is 5. The number of nitro groups is 1. The highest BCUT2D eigenvalue weighted by Crippen LogP contribution is 2.21. The molecule has 21 heavy (non-hydrogen) atoms. The molecular weight excluding hydrogens is 273 g/mol. The highest BCUT2D eigenvalue weighted by atomic mass is 19.1. The summed E-state index contributed by atoms with van der Waals surface area (Å²) in [6.45, 7) is 2.73. The van der Waals surface area contributed by atoms with Crippen molar-refractivity contribution < 1.29 is 9.31 Å². The number of nitro benzene ring substituents is 1. The number of pyridine rings is 1. The van der Waals surface area contributed by atoms with Crippen LogP contribution in [0.4, 0.5) is 10.1 Å². The molecule has 0 spiro atoms. The molecule has 0 atom stereocenters. The van der Waals surface area contributed by atoms with E-state index in [9.17, 15) is 14.5 Å². The van der Waals surface area contributed by atoms with E-state index in [1.54, 1.807) is 6.07 Å². The Morgan fingerprint density at radius 2 is 1.95 bits per heavy atom. The lowest BCUT2D eigenvalue weighted by atomic mass is 10.1. The van der Waals surface area contributed by atoms with Crippen LogP contribution in [0.2, 0.25) is 0 Å². The third-order valence-electron chi connectivity index (χ3n) is 3.07. The first-order chi connectivity index (χ1) is 9.97. The van der Waals surface area contributed by atoms with Crippen molar-refractivity contribution >= 4 is 5.69 Å². The summed E-state index contributed by atoms with van der Waals surface area (Å²) in [6, 6.07) is 9.94. The second-order valence-electron chi connectivity index (χ2n) is 4.95. The maximum atomic E-state index is 14.0. The molecule has 2 rings (SSSR count). The highest BCUT2D eigenvalue weighted by molar-refractivity contribution is 5.36. The summed E-state index contributed by atoms with van der Waals surface area (Å²) in [5, 5.41) is 10.7. The van der Waals surface area contributed by atoms with Crippen molar-refractivity contribution in [1.29, 1.82) is 0 Å². The van der Waals surface area contributed by atoms with Gasteiger partial charge in [-0.3, -0.25) is 20.0 Å². The number of aromatic nitrogens is 1. The van der Waals surface area contributed by atoms with E-state index in [-0.39, 0.29) is 6.54 Å². The highest BCUT2D eigenvalue weighted by Gasteiger charge is 2.18. The van der Waals surface area contributed by atoms with Crippen molar-refractivity contribution in [3.05, 3.63) is 69.3 Å². The maximum absolute atomic E-state index is 14.0. The molecule has 0 aliphatic carbocycles. The molecule has 0 unspecified atom stereocenters. The third kappa shape index (κ3) is 3.82. The molecule has 1 aromatic heterocycles. The summed E-state index contributed by atoms with van der Waals surface area (Å²) in [4.78, 5) is 16.3. The summed E-state index contributed by atoms with van der Waals surface area (Å²) < 4.78 is 14.0. The Morgan fingerprint density at radius 1 is 1.24 bits per heavy atom. The average molecular weight is 289 g/mol. The molecule has 0 aliphatic heterocycles. The molecule has 0 aliphatic rings. The number of halogens is 1. The second-order valence-corrected chi connectivity index (χ2v) is 4.95. The van der Waals surface area contributed by atoms with E-state index in [0.717, 1.165) is 11.4 Å². The van der Waals surface area contributed by atoms with E-state index >= 15 is 0 Å². The standard InChI is InChI=1S/C15H16FN3O2/c1-11-5-3-7-13(17-11)10-18(2)9-12-6-4-8-14(15(12)16)19(20)21/h3-8H,9-10H2,1-2H3. The lowest BCUT2D eigenvalue weighted by molar-refractivity contribution is -0.387. The van der Waals surface area contributed by atoms with Gasteiger partial charge in [0.1, 0.15) is 0 Å². The number of hydrogen-bond acceptors (Lipinski definition) is 4. The van der Waals surface area contributed by atoms with Crippen LogP contribution < -0.4 is 0 Å². The first-order valence-electron chi connectivity index (χ1n) is 6.50. The number of aryl methyl sites for hydroxylation is 1. The monoisotopic (exact) mass is 289 g/mol. The Hall–Kier alpha value is -2.34.